The Bertz CT molecular complexity index is 297. The summed E-state index contributed by atoms with van der Waals surface area (Å²) < 4.78 is 9.90. The van der Waals surface area contributed by atoms with Gasteiger partial charge >= 0.3 is 5.97 Å². The molecule has 1 saturated heterocycles. The third-order valence-electron chi connectivity index (χ3n) is 2.72. The quantitative estimate of drug-likeness (QED) is 0.563. The molecule has 0 aromatic rings. The van der Waals surface area contributed by atoms with Crippen LogP contribution >= 0.6 is 0 Å². The molecule has 7 heteroatoms. The van der Waals surface area contributed by atoms with Crippen molar-refractivity contribution in [2.45, 2.75) is 25.5 Å². The fourth-order valence-corrected chi connectivity index (χ4v) is 1.87. The second kappa shape index (κ2) is 7.30. The zero-order valence-electron chi connectivity index (χ0n) is 10.5. The summed E-state index contributed by atoms with van der Waals surface area (Å²) in [5.74, 6) is -0.938. The Labute approximate surface area is 106 Å². The number of hydrogen-bond acceptors (Lipinski definition) is 6. The molecule has 1 amide bonds. The second-order valence-electron chi connectivity index (χ2n) is 4.15. The summed E-state index contributed by atoms with van der Waals surface area (Å²) in [6.45, 7) is 3.41. The number of morpholine rings is 1. The number of carbonyl (C=O) groups excluding carboxylic acids is 2. The number of hydrogen-bond donors (Lipinski definition) is 2. The molecule has 1 aliphatic rings. The summed E-state index contributed by atoms with van der Waals surface area (Å²) in [6.07, 6.45) is -0.958. The third-order valence-corrected chi connectivity index (χ3v) is 2.72. The molecule has 2 atom stereocenters. The highest BCUT2D eigenvalue weighted by Crippen LogP contribution is 2.09. The van der Waals surface area contributed by atoms with Crippen LogP contribution in [0.2, 0.25) is 0 Å². The van der Waals surface area contributed by atoms with Crippen molar-refractivity contribution < 1.29 is 24.2 Å². The fraction of sp³-hybridized carbons (Fsp3) is 0.818. The van der Waals surface area contributed by atoms with Gasteiger partial charge in [-0.3, -0.25) is 14.5 Å². The van der Waals surface area contributed by atoms with E-state index in [1.54, 1.807) is 11.8 Å². The van der Waals surface area contributed by atoms with Gasteiger partial charge in [0, 0.05) is 13.1 Å². The average molecular weight is 260 g/mol. The molecule has 0 aromatic carbocycles. The van der Waals surface area contributed by atoms with Crippen molar-refractivity contribution in [3.63, 3.8) is 0 Å². The van der Waals surface area contributed by atoms with Crippen LogP contribution in [-0.2, 0) is 19.1 Å². The van der Waals surface area contributed by atoms with Crippen LogP contribution in [0.3, 0.4) is 0 Å². The standard InChI is InChI=1S/C11H20N2O5/c1-2-18-10(15)5-8(14)6-13-3-4-17-7-9(13)11(12)16/h8-9,14H,2-7H2,1H3,(H2,12,16). The molecular formula is C11H20N2O5. The summed E-state index contributed by atoms with van der Waals surface area (Å²) in [6, 6.07) is -0.546. The molecule has 0 radical (unpaired) electrons. The maximum atomic E-state index is 11.2. The van der Waals surface area contributed by atoms with Crippen LogP contribution in [-0.4, -0.2) is 66.9 Å². The number of carbonyl (C=O) groups is 2. The van der Waals surface area contributed by atoms with Crippen LogP contribution in [0, 0.1) is 0 Å². The van der Waals surface area contributed by atoms with Crippen molar-refractivity contribution in [2.24, 2.45) is 5.73 Å². The maximum absolute atomic E-state index is 11.2. The highest BCUT2D eigenvalue weighted by Gasteiger charge is 2.29. The zero-order chi connectivity index (χ0) is 13.5. The van der Waals surface area contributed by atoms with Crippen molar-refractivity contribution in [3.8, 4) is 0 Å². The number of ether oxygens (including phenoxy) is 2. The molecule has 1 fully saturated rings. The molecule has 7 nitrogen and oxygen atoms in total. The lowest BCUT2D eigenvalue weighted by Gasteiger charge is -2.34. The molecule has 104 valence electrons. The van der Waals surface area contributed by atoms with E-state index in [0.717, 1.165) is 0 Å². The fourth-order valence-electron chi connectivity index (χ4n) is 1.87. The SMILES string of the molecule is CCOC(=O)CC(O)CN1CCOCC1C(N)=O. The van der Waals surface area contributed by atoms with E-state index in [9.17, 15) is 14.7 Å². The van der Waals surface area contributed by atoms with Gasteiger partial charge in [-0.2, -0.15) is 0 Å². The zero-order valence-corrected chi connectivity index (χ0v) is 10.5. The van der Waals surface area contributed by atoms with Crippen LogP contribution in [0.15, 0.2) is 0 Å². The van der Waals surface area contributed by atoms with Gasteiger partial charge in [0.05, 0.1) is 32.3 Å². The van der Waals surface area contributed by atoms with Gasteiger partial charge in [-0.05, 0) is 6.92 Å². The first-order valence-electron chi connectivity index (χ1n) is 5.99. The minimum absolute atomic E-state index is 0.0866. The summed E-state index contributed by atoms with van der Waals surface area (Å²) in [4.78, 5) is 24.1. The summed E-state index contributed by atoms with van der Waals surface area (Å²) in [5.41, 5.74) is 5.25. The van der Waals surface area contributed by atoms with Gasteiger partial charge in [0.1, 0.15) is 6.04 Å². The lowest BCUT2D eigenvalue weighted by molar-refractivity contribution is -0.146. The predicted octanol–water partition coefficient (Wildman–Crippen LogP) is -1.51. The highest BCUT2D eigenvalue weighted by atomic mass is 16.5. The number of aliphatic hydroxyl groups is 1. The number of rotatable bonds is 6. The van der Waals surface area contributed by atoms with Gasteiger partial charge in [-0.1, -0.05) is 0 Å². The average Bonchev–Trinajstić information content (AvgIpc) is 2.29. The van der Waals surface area contributed by atoms with Gasteiger partial charge in [-0.25, -0.2) is 0 Å². The molecule has 1 rings (SSSR count). The molecular weight excluding hydrogens is 240 g/mol. The Morgan fingerprint density at radius 2 is 2.33 bits per heavy atom. The van der Waals surface area contributed by atoms with E-state index in [1.807, 2.05) is 0 Å². The minimum Gasteiger partial charge on any atom is -0.466 e. The number of β-amino-alcohol motifs (C(OH)–C–C–N with tert-alkyl or cyclic N) is 1. The van der Waals surface area contributed by atoms with E-state index >= 15 is 0 Å². The van der Waals surface area contributed by atoms with Gasteiger partial charge in [0.25, 0.3) is 0 Å². The van der Waals surface area contributed by atoms with Crippen LogP contribution in [0.4, 0.5) is 0 Å². The number of amides is 1. The minimum atomic E-state index is -0.871. The topological polar surface area (TPSA) is 102 Å². The van der Waals surface area contributed by atoms with Gasteiger partial charge in [0.15, 0.2) is 0 Å². The lowest BCUT2D eigenvalue weighted by atomic mass is 10.1. The third kappa shape index (κ3) is 4.59. The van der Waals surface area contributed by atoms with E-state index in [-0.39, 0.29) is 26.2 Å². The molecule has 0 saturated carbocycles. The molecule has 0 spiro atoms. The van der Waals surface area contributed by atoms with E-state index in [1.165, 1.54) is 0 Å². The summed E-state index contributed by atoms with van der Waals surface area (Å²) in [5, 5.41) is 9.76. The molecule has 18 heavy (non-hydrogen) atoms. The first kappa shape index (κ1) is 14.9. The van der Waals surface area contributed by atoms with Crippen LogP contribution in [0.5, 0.6) is 0 Å². The Morgan fingerprint density at radius 3 is 2.94 bits per heavy atom. The molecule has 3 N–H and O–H groups in total. The lowest BCUT2D eigenvalue weighted by Crippen LogP contribution is -2.54. The van der Waals surface area contributed by atoms with Crippen molar-refractivity contribution in [2.75, 3.05) is 32.9 Å². The van der Waals surface area contributed by atoms with E-state index in [0.29, 0.717) is 13.2 Å². The Balaban J connectivity index is 2.43. The van der Waals surface area contributed by atoms with Crippen LogP contribution in [0.25, 0.3) is 0 Å². The molecule has 0 aliphatic carbocycles. The number of esters is 1. The maximum Gasteiger partial charge on any atom is 0.308 e. The van der Waals surface area contributed by atoms with E-state index in [2.05, 4.69) is 0 Å². The largest absolute Gasteiger partial charge is 0.466 e. The Hall–Kier alpha value is -1.18. The molecule has 2 unspecified atom stereocenters. The Kier molecular flexibility index (Phi) is 6.03. The van der Waals surface area contributed by atoms with Crippen molar-refractivity contribution in [3.05, 3.63) is 0 Å². The molecule has 0 aromatic heterocycles. The molecule has 0 bridgehead atoms. The first-order chi connectivity index (χ1) is 8.54. The van der Waals surface area contributed by atoms with Crippen LogP contribution in [0.1, 0.15) is 13.3 Å². The molecule has 1 aliphatic heterocycles. The summed E-state index contributed by atoms with van der Waals surface area (Å²) >= 11 is 0. The number of primary amides is 1. The predicted molar refractivity (Wildman–Crippen MR) is 62.6 cm³/mol. The normalized spacial score (nSPS) is 22.4. The number of nitrogens with two attached hydrogens (primary N) is 1. The van der Waals surface area contributed by atoms with Crippen LogP contribution < -0.4 is 5.73 Å². The first-order valence-corrected chi connectivity index (χ1v) is 5.99. The second-order valence-corrected chi connectivity index (χ2v) is 4.15. The van der Waals surface area contributed by atoms with E-state index in [4.69, 9.17) is 15.2 Å². The van der Waals surface area contributed by atoms with Gasteiger partial charge < -0.3 is 20.3 Å². The highest BCUT2D eigenvalue weighted by molar-refractivity contribution is 5.80. The van der Waals surface area contributed by atoms with Gasteiger partial charge in [-0.15, -0.1) is 0 Å². The summed E-state index contributed by atoms with van der Waals surface area (Å²) in [7, 11) is 0. The van der Waals surface area contributed by atoms with Crippen molar-refractivity contribution in [1.29, 1.82) is 0 Å². The number of nitrogens with zero attached hydrogens (tertiary/aromatic N) is 1. The molecule has 1 heterocycles. The Morgan fingerprint density at radius 1 is 1.61 bits per heavy atom. The van der Waals surface area contributed by atoms with Crippen molar-refractivity contribution in [1.82, 2.24) is 4.90 Å². The smallest absolute Gasteiger partial charge is 0.308 e. The van der Waals surface area contributed by atoms with E-state index < -0.39 is 24.0 Å². The number of aliphatic hydroxyl groups excluding tert-OH is 1. The van der Waals surface area contributed by atoms with Gasteiger partial charge in [0.2, 0.25) is 5.91 Å². The van der Waals surface area contributed by atoms with Crippen molar-refractivity contribution >= 4 is 11.9 Å². The monoisotopic (exact) mass is 260 g/mol.